The van der Waals surface area contributed by atoms with Gasteiger partial charge in [-0.1, -0.05) is 0 Å². The molecule has 1 saturated carbocycles. The molecule has 0 amide bonds. The number of aromatic hydroxyl groups is 2. The van der Waals surface area contributed by atoms with Gasteiger partial charge in [-0.2, -0.15) is 0 Å². The van der Waals surface area contributed by atoms with E-state index < -0.39 is 5.60 Å². The Bertz CT molecular complexity index is 330. The molecule has 0 heterocycles. The van der Waals surface area contributed by atoms with Crippen molar-refractivity contribution >= 4 is 0 Å². The van der Waals surface area contributed by atoms with Gasteiger partial charge in [-0.25, -0.2) is 0 Å². The van der Waals surface area contributed by atoms with E-state index in [1.807, 2.05) is 0 Å². The molecule has 3 heteroatoms. The molecule has 1 fully saturated rings. The quantitative estimate of drug-likeness (QED) is 0.572. The first-order valence-corrected chi connectivity index (χ1v) is 4.28. The van der Waals surface area contributed by atoms with Gasteiger partial charge in [0.05, 0.1) is 5.60 Å². The highest BCUT2D eigenvalue weighted by Gasteiger charge is 2.42. The molecule has 1 aliphatic carbocycles. The topological polar surface area (TPSA) is 60.7 Å². The molecule has 0 atom stereocenters. The molecule has 0 spiro atoms. The van der Waals surface area contributed by atoms with Crippen LogP contribution < -0.4 is 0 Å². The van der Waals surface area contributed by atoms with Crippen LogP contribution in [0.3, 0.4) is 0 Å². The maximum Gasteiger partial charge on any atom is 0.160 e. The lowest BCUT2D eigenvalue weighted by molar-refractivity contribution is 0.151. The molecule has 0 radical (unpaired) electrons. The Kier molecular flexibility index (Phi) is 1.54. The van der Waals surface area contributed by atoms with E-state index >= 15 is 0 Å². The van der Waals surface area contributed by atoms with Crippen LogP contribution in [0.5, 0.6) is 11.5 Å². The summed E-state index contributed by atoms with van der Waals surface area (Å²) in [5.74, 6) is -0.261. The van der Waals surface area contributed by atoms with Gasteiger partial charge < -0.3 is 15.3 Å². The van der Waals surface area contributed by atoms with Gasteiger partial charge in [0.1, 0.15) is 0 Å². The van der Waals surface area contributed by atoms with Crippen LogP contribution in [0.25, 0.3) is 0 Å². The summed E-state index contributed by atoms with van der Waals surface area (Å²) < 4.78 is 0. The molecule has 1 aromatic rings. The van der Waals surface area contributed by atoms with Crippen LogP contribution in [0.4, 0.5) is 0 Å². The zero-order valence-corrected chi connectivity index (χ0v) is 7.41. The summed E-state index contributed by atoms with van der Waals surface area (Å²) in [7, 11) is 0. The molecule has 13 heavy (non-hydrogen) atoms. The Hall–Kier alpha value is -1.22. The minimum atomic E-state index is -0.754. The second-order valence-electron chi connectivity index (χ2n) is 3.69. The Morgan fingerprint density at radius 1 is 1.23 bits per heavy atom. The van der Waals surface area contributed by atoms with Crippen LogP contribution in [-0.2, 0) is 5.60 Å². The monoisotopic (exact) mass is 180 g/mol. The van der Waals surface area contributed by atoms with E-state index in [9.17, 15) is 15.3 Å². The van der Waals surface area contributed by atoms with Crippen molar-refractivity contribution in [3.63, 3.8) is 0 Å². The predicted molar refractivity (Wildman–Crippen MR) is 47.6 cm³/mol. The maximum atomic E-state index is 9.75. The van der Waals surface area contributed by atoms with E-state index in [0.29, 0.717) is 11.1 Å². The summed E-state index contributed by atoms with van der Waals surface area (Å²) in [5.41, 5.74) is 0.534. The summed E-state index contributed by atoms with van der Waals surface area (Å²) in [5, 5.41) is 28.3. The van der Waals surface area contributed by atoms with Crippen molar-refractivity contribution in [2.75, 3.05) is 0 Å². The number of aryl methyl sites for hydroxylation is 1. The van der Waals surface area contributed by atoms with Crippen molar-refractivity contribution in [3.05, 3.63) is 23.3 Å². The molecular weight excluding hydrogens is 168 g/mol. The number of hydrogen-bond acceptors (Lipinski definition) is 3. The van der Waals surface area contributed by atoms with Crippen molar-refractivity contribution in [2.24, 2.45) is 0 Å². The lowest BCUT2D eigenvalue weighted by Gasteiger charge is -2.10. The Morgan fingerprint density at radius 3 is 2.31 bits per heavy atom. The summed E-state index contributed by atoms with van der Waals surface area (Å²) in [6.07, 6.45) is 1.47. The molecule has 0 saturated heterocycles. The van der Waals surface area contributed by atoms with Crippen LogP contribution in [0.2, 0.25) is 0 Å². The maximum absolute atomic E-state index is 9.75. The van der Waals surface area contributed by atoms with Crippen LogP contribution in [0.1, 0.15) is 24.0 Å². The molecule has 3 N–H and O–H groups in total. The number of aliphatic hydroxyl groups is 1. The lowest BCUT2D eigenvalue weighted by Crippen LogP contribution is -2.04. The predicted octanol–water partition coefficient (Wildman–Crippen LogP) is 1.39. The smallest absolute Gasteiger partial charge is 0.160 e. The molecule has 2 rings (SSSR count). The second-order valence-corrected chi connectivity index (χ2v) is 3.69. The zero-order valence-electron chi connectivity index (χ0n) is 7.41. The molecule has 1 aliphatic rings. The van der Waals surface area contributed by atoms with Crippen LogP contribution >= 0.6 is 0 Å². The summed E-state index contributed by atoms with van der Waals surface area (Å²) in [6, 6.07) is 3.14. The molecule has 0 aliphatic heterocycles. The second kappa shape index (κ2) is 2.39. The third-order valence-electron chi connectivity index (χ3n) is 2.54. The zero-order chi connectivity index (χ0) is 9.64. The van der Waals surface area contributed by atoms with Gasteiger partial charge in [0.25, 0.3) is 0 Å². The van der Waals surface area contributed by atoms with Gasteiger partial charge >= 0.3 is 0 Å². The van der Waals surface area contributed by atoms with Crippen LogP contribution in [-0.4, -0.2) is 15.3 Å². The van der Waals surface area contributed by atoms with Crippen molar-refractivity contribution in [3.8, 4) is 11.5 Å². The summed E-state index contributed by atoms with van der Waals surface area (Å²) in [6.45, 7) is 1.70. The van der Waals surface area contributed by atoms with Gasteiger partial charge in [-0.15, -0.1) is 0 Å². The molecule has 0 bridgehead atoms. The highest BCUT2D eigenvalue weighted by atomic mass is 16.3. The van der Waals surface area contributed by atoms with Crippen LogP contribution in [0, 0.1) is 6.92 Å². The third-order valence-corrected chi connectivity index (χ3v) is 2.54. The van der Waals surface area contributed by atoms with E-state index in [1.165, 1.54) is 6.07 Å². The molecule has 0 unspecified atom stereocenters. The molecule has 1 aromatic carbocycles. The first-order chi connectivity index (χ1) is 6.03. The van der Waals surface area contributed by atoms with Crippen molar-refractivity contribution in [2.45, 2.75) is 25.4 Å². The fourth-order valence-electron chi connectivity index (χ4n) is 1.44. The van der Waals surface area contributed by atoms with Crippen molar-refractivity contribution in [1.82, 2.24) is 0 Å². The van der Waals surface area contributed by atoms with Gasteiger partial charge in [-0.05, 0) is 43.0 Å². The number of phenolic OH excluding ortho intramolecular Hbond substituents is 2. The van der Waals surface area contributed by atoms with Crippen molar-refractivity contribution < 1.29 is 15.3 Å². The first-order valence-electron chi connectivity index (χ1n) is 4.28. The van der Waals surface area contributed by atoms with E-state index in [4.69, 9.17) is 0 Å². The van der Waals surface area contributed by atoms with Crippen LogP contribution in [0.15, 0.2) is 12.1 Å². The molecular formula is C10H12O3. The van der Waals surface area contributed by atoms with Crippen molar-refractivity contribution in [1.29, 1.82) is 0 Å². The Labute approximate surface area is 76.3 Å². The summed E-state index contributed by atoms with van der Waals surface area (Å²) >= 11 is 0. The number of phenols is 2. The number of benzene rings is 1. The first kappa shape index (κ1) is 8.38. The van der Waals surface area contributed by atoms with E-state index in [-0.39, 0.29) is 11.5 Å². The number of rotatable bonds is 1. The highest BCUT2D eigenvalue weighted by Crippen LogP contribution is 2.47. The van der Waals surface area contributed by atoms with Gasteiger partial charge in [0.2, 0.25) is 0 Å². The van der Waals surface area contributed by atoms with Gasteiger partial charge in [-0.3, -0.25) is 0 Å². The molecule has 70 valence electrons. The van der Waals surface area contributed by atoms with E-state index in [1.54, 1.807) is 13.0 Å². The largest absolute Gasteiger partial charge is 0.504 e. The van der Waals surface area contributed by atoms with Gasteiger partial charge in [0, 0.05) is 0 Å². The Balaban J connectivity index is 2.50. The average molecular weight is 180 g/mol. The molecule has 0 aromatic heterocycles. The highest BCUT2D eigenvalue weighted by molar-refractivity contribution is 5.49. The van der Waals surface area contributed by atoms with E-state index in [2.05, 4.69) is 0 Å². The normalized spacial score (nSPS) is 18.6. The summed E-state index contributed by atoms with van der Waals surface area (Å²) in [4.78, 5) is 0. The minimum Gasteiger partial charge on any atom is -0.504 e. The Morgan fingerprint density at radius 2 is 1.85 bits per heavy atom. The van der Waals surface area contributed by atoms with E-state index in [0.717, 1.165) is 12.8 Å². The fourth-order valence-corrected chi connectivity index (χ4v) is 1.44. The lowest BCUT2D eigenvalue weighted by atomic mass is 10.0. The SMILES string of the molecule is Cc1cc(C2(O)CC2)cc(O)c1O. The third kappa shape index (κ3) is 1.25. The number of hydrogen-bond donors (Lipinski definition) is 3. The van der Waals surface area contributed by atoms with Gasteiger partial charge in [0.15, 0.2) is 11.5 Å². The fraction of sp³-hybridized carbons (Fsp3) is 0.400. The minimum absolute atomic E-state index is 0.104. The average Bonchev–Trinajstić information content (AvgIpc) is 2.80. The standard InChI is InChI=1S/C10H12O3/c1-6-4-7(10(13)2-3-10)5-8(11)9(6)12/h4-5,11-13H,2-3H2,1H3. The molecule has 3 nitrogen and oxygen atoms in total.